The normalized spacial score (nSPS) is 12.9. The first-order valence-electron chi connectivity index (χ1n) is 11.1. The van der Waals surface area contributed by atoms with E-state index in [4.69, 9.17) is 14.2 Å². The molecule has 1 aliphatic heterocycles. The second-order valence-corrected chi connectivity index (χ2v) is 8.25. The number of ether oxygens (including phenoxy) is 3. The molecule has 1 aliphatic rings. The van der Waals surface area contributed by atoms with Gasteiger partial charge >= 0.3 is 11.9 Å². The minimum atomic E-state index is -0.506. The largest absolute Gasteiger partial charge is 0.469 e. The fourth-order valence-corrected chi connectivity index (χ4v) is 4.09. The lowest BCUT2D eigenvalue weighted by Crippen LogP contribution is -2.11. The number of nitrogens with zero attached hydrogens (tertiary/aromatic N) is 1. The number of aryl methyl sites for hydroxylation is 2. The summed E-state index contributed by atoms with van der Waals surface area (Å²) in [6.07, 6.45) is 3.63. The maximum atomic E-state index is 12.5. The third-order valence-corrected chi connectivity index (χ3v) is 6.03. The van der Waals surface area contributed by atoms with E-state index in [1.807, 2.05) is 44.0 Å². The van der Waals surface area contributed by atoms with Crippen molar-refractivity contribution in [3.63, 3.8) is 0 Å². The Hall–Kier alpha value is -3.58. The van der Waals surface area contributed by atoms with Crippen molar-refractivity contribution in [3.8, 4) is 5.75 Å². The molecular weight excluding hydrogens is 434 g/mol. The van der Waals surface area contributed by atoms with Crippen molar-refractivity contribution in [2.75, 3.05) is 26.2 Å². The highest BCUT2D eigenvalue weighted by Gasteiger charge is 2.25. The third kappa shape index (κ3) is 4.99. The second-order valence-electron chi connectivity index (χ2n) is 8.25. The van der Waals surface area contributed by atoms with E-state index < -0.39 is 5.97 Å². The molecule has 0 radical (unpaired) electrons. The van der Waals surface area contributed by atoms with Gasteiger partial charge in [-0.3, -0.25) is 4.79 Å². The molecule has 0 aromatic heterocycles. The molecule has 0 atom stereocenters. The van der Waals surface area contributed by atoms with Gasteiger partial charge in [0, 0.05) is 13.5 Å². The Morgan fingerprint density at radius 1 is 1.09 bits per heavy atom. The second kappa shape index (κ2) is 10.6. The molecule has 34 heavy (non-hydrogen) atoms. The lowest BCUT2D eigenvalue weighted by atomic mass is 9.90. The van der Waals surface area contributed by atoms with Gasteiger partial charge in [-0.25, -0.2) is 4.79 Å². The van der Waals surface area contributed by atoms with E-state index >= 15 is 0 Å². The number of hydrogen-bond donors (Lipinski definition) is 1. The Kier molecular flexibility index (Phi) is 7.79. The number of anilines is 1. The standard InChI is InChI=1S/C27H31NO6/c1-16-11-19(13-22(23(16)15-29)27(31)33-6)21(9-7-8-10-25(30)32-5)20-12-17(2)26-24(14-20)28(4)18(3)34-26/h9,11-14,29H,3,7-8,10,15H2,1-2,4-6H3/b21-9+. The highest BCUT2D eigenvalue weighted by molar-refractivity contribution is 5.94. The Morgan fingerprint density at radius 2 is 1.76 bits per heavy atom. The zero-order valence-electron chi connectivity index (χ0n) is 20.4. The van der Waals surface area contributed by atoms with Crippen LogP contribution in [0.1, 0.15) is 57.4 Å². The number of esters is 2. The monoisotopic (exact) mass is 465 g/mol. The Bertz CT molecular complexity index is 1160. The van der Waals surface area contributed by atoms with Crippen molar-refractivity contribution < 1.29 is 28.9 Å². The van der Waals surface area contributed by atoms with Gasteiger partial charge in [0.25, 0.3) is 0 Å². The molecule has 2 aromatic rings. The average Bonchev–Trinajstić information content (AvgIpc) is 3.11. The smallest absolute Gasteiger partial charge is 0.338 e. The number of aliphatic hydroxyl groups excluding tert-OH is 1. The summed E-state index contributed by atoms with van der Waals surface area (Å²) in [5, 5.41) is 9.84. The highest BCUT2D eigenvalue weighted by Crippen LogP contribution is 2.43. The fraction of sp³-hybridized carbons (Fsp3) is 0.333. The van der Waals surface area contributed by atoms with Crippen molar-refractivity contribution in [3.05, 3.63) is 76.2 Å². The van der Waals surface area contributed by atoms with Crippen LogP contribution in [0.2, 0.25) is 0 Å². The number of allylic oxidation sites excluding steroid dienone is 1. The molecule has 3 rings (SSSR count). The zero-order valence-corrected chi connectivity index (χ0v) is 20.4. The number of methoxy groups -OCH3 is 2. The number of fused-ring (bicyclic) bond motifs is 1. The van der Waals surface area contributed by atoms with Gasteiger partial charge in [0.05, 0.1) is 32.1 Å². The minimum absolute atomic E-state index is 0.253. The van der Waals surface area contributed by atoms with E-state index in [1.165, 1.54) is 14.2 Å². The zero-order chi connectivity index (χ0) is 25.0. The summed E-state index contributed by atoms with van der Waals surface area (Å²) in [7, 11) is 4.59. The van der Waals surface area contributed by atoms with E-state index in [0.29, 0.717) is 36.3 Å². The lowest BCUT2D eigenvalue weighted by molar-refractivity contribution is -0.140. The van der Waals surface area contributed by atoms with E-state index in [2.05, 4.69) is 12.7 Å². The first kappa shape index (κ1) is 25.1. The summed E-state index contributed by atoms with van der Waals surface area (Å²) in [4.78, 5) is 25.9. The molecule has 0 saturated heterocycles. The predicted octanol–water partition coefficient (Wildman–Crippen LogP) is 4.66. The van der Waals surface area contributed by atoms with E-state index in [0.717, 1.165) is 39.3 Å². The summed E-state index contributed by atoms with van der Waals surface area (Å²) in [6, 6.07) is 7.76. The van der Waals surface area contributed by atoms with E-state index in [-0.39, 0.29) is 12.6 Å². The number of benzene rings is 2. The van der Waals surface area contributed by atoms with Crippen LogP contribution in [0, 0.1) is 13.8 Å². The SMILES string of the molecule is C=C1Oc2c(C)cc(/C(=C/CCCC(=O)OC)c3cc(C)c(CO)c(C(=O)OC)c3)cc2N1C. The topological polar surface area (TPSA) is 85.3 Å². The molecule has 2 aromatic carbocycles. The summed E-state index contributed by atoms with van der Waals surface area (Å²) in [5.41, 5.74) is 6.15. The quantitative estimate of drug-likeness (QED) is 0.448. The van der Waals surface area contributed by atoms with E-state index in [9.17, 15) is 14.7 Å². The van der Waals surface area contributed by atoms with Crippen molar-refractivity contribution in [2.24, 2.45) is 0 Å². The van der Waals surface area contributed by atoms with Gasteiger partial charge < -0.3 is 24.2 Å². The Balaban J connectivity index is 2.14. The van der Waals surface area contributed by atoms with Gasteiger partial charge in [0.1, 0.15) is 0 Å². The van der Waals surface area contributed by atoms with Crippen LogP contribution < -0.4 is 9.64 Å². The van der Waals surface area contributed by atoms with Crippen molar-refractivity contribution >= 4 is 23.2 Å². The number of unbranched alkanes of at least 4 members (excludes halogenated alkanes) is 1. The molecule has 0 spiro atoms. The molecule has 1 heterocycles. The molecule has 0 aliphatic carbocycles. The molecule has 0 fully saturated rings. The third-order valence-electron chi connectivity index (χ3n) is 6.03. The van der Waals surface area contributed by atoms with Gasteiger partial charge in [-0.1, -0.05) is 12.1 Å². The van der Waals surface area contributed by atoms with Crippen LogP contribution in [0.15, 0.2) is 42.8 Å². The van der Waals surface area contributed by atoms with Crippen molar-refractivity contribution in [2.45, 2.75) is 39.7 Å². The molecule has 1 N–H and O–H groups in total. The van der Waals surface area contributed by atoms with Crippen LogP contribution >= 0.6 is 0 Å². The van der Waals surface area contributed by atoms with Crippen LogP contribution in [0.4, 0.5) is 5.69 Å². The summed E-state index contributed by atoms with van der Waals surface area (Å²) in [5.74, 6) is 0.559. The lowest BCUT2D eigenvalue weighted by Gasteiger charge is -2.17. The minimum Gasteiger partial charge on any atom is -0.469 e. The number of rotatable bonds is 8. The molecule has 0 amide bonds. The number of aliphatic hydroxyl groups is 1. The molecule has 0 unspecified atom stereocenters. The van der Waals surface area contributed by atoms with Gasteiger partial charge in [0.15, 0.2) is 11.6 Å². The first-order valence-corrected chi connectivity index (χ1v) is 11.1. The summed E-state index contributed by atoms with van der Waals surface area (Å²) in [6.45, 7) is 7.52. The van der Waals surface area contributed by atoms with Crippen molar-refractivity contribution in [1.29, 1.82) is 0 Å². The van der Waals surface area contributed by atoms with Gasteiger partial charge in [-0.05, 0) is 84.9 Å². The Labute approximate surface area is 200 Å². The molecular formula is C27H31NO6. The molecule has 180 valence electrons. The van der Waals surface area contributed by atoms with Crippen LogP contribution in [0.25, 0.3) is 5.57 Å². The maximum absolute atomic E-state index is 12.5. The predicted molar refractivity (Wildman–Crippen MR) is 131 cm³/mol. The van der Waals surface area contributed by atoms with Gasteiger partial charge in [-0.15, -0.1) is 0 Å². The number of hydrogen-bond acceptors (Lipinski definition) is 7. The Morgan fingerprint density at radius 3 is 2.41 bits per heavy atom. The molecule has 7 nitrogen and oxygen atoms in total. The summed E-state index contributed by atoms with van der Waals surface area (Å²) < 4.78 is 15.5. The van der Waals surface area contributed by atoms with Crippen LogP contribution in [0.3, 0.4) is 0 Å². The molecule has 7 heteroatoms. The number of carbonyl (C=O) groups is 2. The van der Waals surface area contributed by atoms with Crippen LogP contribution in [-0.2, 0) is 20.9 Å². The first-order chi connectivity index (χ1) is 16.2. The maximum Gasteiger partial charge on any atom is 0.338 e. The molecule has 0 saturated carbocycles. The van der Waals surface area contributed by atoms with Crippen molar-refractivity contribution in [1.82, 2.24) is 0 Å². The molecule has 0 bridgehead atoms. The fourth-order valence-electron chi connectivity index (χ4n) is 4.09. The number of carbonyl (C=O) groups excluding carboxylic acids is 2. The van der Waals surface area contributed by atoms with Crippen LogP contribution in [0.5, 0.6) is 5.75 Å². The van der Waals surface area contributed by atoms with Gasteiger partial charge in [-0.2, -0.15) is 0 Å². The van der Waals surface area contributed by atoms with E-state index in [1.54, 1.807) is 6.07 Å². The van der Waals surface area contributed by atoms with Gasteiger partial charge in [0.2, 0.25) is 0 Å². The highest BCUT2D eigenvalue weighted by atomic mass is 16.5. The summed E-state index contributed by atoms with van der Waals surface area (Å²) >= 11 is 0. The average molecular weight is 466 g/mol. The van der Waals surface area contributed by atoms with Crippen LogP contribution in [-0.4, -0.2) is 38.3 Å².